The maximum Gasteiger partial charge on any atom is 0.234 e. The molecule has 104 valence electrons. The predicted octanol–water partition coefficient (Wildman–Crippen LogP) is 1.40. The van der Waals surface area contributed by atoms with Gasteiger partial charge in [0.2, 0.25) is 5.89 Å². The highest BCUT2D eigenvalue weighted by Crippen LogP contribution is 2.47. The van der Waals surface area contributed by atoms with E-state index in [2.05, 4.69) is 22.1 Å². The monoisotopic (exact) mass is 262 g/mol. The van der Waals surface area contributed by atoms with Gasteiger partial charge in [-0.15, -0.1) is 0 Å². The van der Waals surface area contributed by atoms with Crippen molar-refractivity contribution in [3.05, 3.63) is 11.7 Å². The van der Waals surface area contributed by atoms with Crippen molar-refractivity contribution in [2.45, 2.75) is 61.9 Å². The van der Waals surface area contributed by atoms with Crippen LogP contribution in [0.5, 0.6) is 0 Å². The van der Waals surface area contributed by atoms with Crippen molar-refractivity contribution in [3.63, 3.8) is 0 Å². The van der Waals surface area contributed by atoms with Gasteiger partial charge in [-0.1, -0.05) is 5.16 Å². The first-order chi connectivity index (χ1) is 9.22. The number of piperidine rings is 1. The highest BCUT2D eigenvalue weighted by molar-refractivity contribution is 5.17. The summed E-state index contributed by atoms with van der Waals surface area (Å²) in [5.41, 5.74) is 5.85. The van der Waals surface area contributed by atoms with E-state index in [1.807, 2.05) is 0 Å². The van der Waals surface area contributed by atoms with E-state index in [4.69, 9.17) is 10.3 Å². The fraction of sp³-hybridized carbons (Fsp3) is 0.857. The molecule has 2 bridgehead atoms. The smallest absolute Gasteiger partial charge is 0.234 e. The highest BCUT2D eigenvalue weighted by atomic mass is 16.5. The van der Waals surface area contributed by atoms with Crippen molar-refractivity contribution in [1.82, 2.24) is 15.0 Å². The number of nitrogens with two attached hydrogens (primary N) is 1. The van der Waals surface area contributed by atoms with Gasteiger partial charge in [-0.2, -0.15) is 4.98 Å². The van der Waals surface area contributed by atoms with Gasteiger partial charge < -0.3 is 15.2 Å². The molecule has 3 fully saturated rings. The molecule has 1 aromatic heterocycles. The Labute approximate surface area is 113 Å². The molecule has 0 spiro atoms. The van der Waals surface area contributed by atoms with E-state index in [0.29, 0.717) is 12.5 Å². The molecule has 5 heteroatoms. The largest absolute Gasteiger partial charge is 0.339 e. The maximum absolute atomic E-state index is 5.83. The molecule has 2 unspecified atom stereocenters. The lowest BCUT2D eigenvalue weighted by atomic mass is 9.90. The van der Waals surface area contributed by atoms with Gasteiger partial charge in [0, 0.05) is 24.5 Å². The fourth-order valence-corrected chi connectivity index (χ4v) is 3.89. The quantitative estimate of drug-likeness (QED) is 0.891. The van der Waals surface area contributed by atoms with Gasteiger partial charge in [0.1, 0.15) is 0 Å². The van der Waals surface area contributed by atoms with Crippen LogP contribution < -0.4 is 5.73 Å². The van der Waals surface area contributed by atoms with E-state index >= 15 is 0 Å². The topological polar surface area (TPSA) is 68.2 Å². The van der Waals surface area contributed by atoms with E-state index in [9.17, 15) is 0 Å². The molecule has 5 nitrogen and oxygen atoms in total. The zero-order chi connectivity index (χ0) is 13.0. The molecule has 1 aliphatic carbocycles. The molecule has 4 rings (SSSR count). The number of hydrogen-bond acceptors (Lipinski definition) is 5. The molecule has 3 heterocycles. The molecule has 19 heavy (non-hydrogen) atoms. The zero-order valence-electron chi connectivity index (χ0n) is 11.5. The minimum absolute atomic E-state index is 0.0235. The van der Waals surface area contributed by atoms with Gasteiger partial charge in [-0.25, -0.2) is 0 Å². The van der Waals surface area contributed by atoms with E-state index in [0.717, 1.165) is 36.6 Å². The van der Waals surface area contributed by atoms with Crippen molar-refractivity contribution in [1.29, 1.82) is 0 Å². The second-order valence-electron chi connectivity index (χ2n) is 6.66. The average Bonchev–Trinajstić information content (AvgIpc) is 3.04. The van der Waals surface area contributed by atoms with Gasteiger partial charge in [-0.05, 0) is 45.6 Å². The average molecular weight is 262 g/mol. The van der Waals surface area contributed by atoms with Crippen LogP contribution in [0.2, 0.25) is 0 Å². The predicted molar refractivity (Wildman–Crippen MR) is 70.8 cm³/mol. The van der Waals surface area contributed by atoms with Gasteiger partial charge >= 0.3 is 0 Å². The van der Waals surface area contributed by atoms with Crippen LogP contribution in [0.4, 0.5) is 0 Å². The molecular formula is C14H22N4O. The van der Waals surface area contributed by atoms with Gasteiger partial charge in [0.25, 0.3) is 0 Å². The first-order valence-electron chi connectivity index (χ1n) is 7.48. The SMILES string of the molecule is CN1C2CCC1CC(c1noc(C3(CN)CC3)n1)C2. The van der Waals surface area contributed by atoms with E-state index in [-0.39, 0.29) is 5.41 Å². The van der Waals surface area contributed by atoms with E-state index in [1.165, 1.54) is 25.7 Å². The standard InChI is InChI=1S/C14H22N4O/c1-18-10-2-3-11(18)7-9(6-10)12-16-13(19-17-12)14(8-15)4-5-14/h9-11H,2-8,15H2,1H3. The van der Waals surface area contributed by atoms with Gasteiger partial charge in [0.05, 0.1) is 5.41 Å². The molecule has 2 atom stereocenters. The Bertz CT molecular complexity index is 468. The number of fused-ring (bicyclic) bond motifs is 2. The van der Waals surface area contributed by atoms with Crippen molar-refractivity contribution in [2.75, 3.05) is 13.6 Å². The molecule has 0 amide bonds. The van der Waals surface area contributed by atoms with Crippen molar-refractivity contribution >= 4 is 0 Å². The summed E-state index contributed by atoms with van der Waals surface area (Å²) in [6, 6.07) is 1.44. The van der Waals surface area contributed by atoms with Crippen molar-refractivity contribution < 1.29 is 4.52 Å². The summed E-state index contributed by atoms with van der Waals surface area (Å²) in [5.74, 6) is 2.20. The number of hydrogen-bond donors (Lipinski definition) is 1. The Morgan fingerprint density at radius 2 is 2.00 bits per heavy atom. The molecule has 2 aliphatic heterocycles. The molecule has 2 saturated heterocycles. The Hall–Kier alpha value is -0.940. The summed E-state index contributed by atoms with van der Waals surface area (Å²) >= 11 is 0. The first kappa shape index (κ1) is 11.9. The number of nitrogens with zero attached hydrogens (tertiary/aromatic N) is 3. The highest BCUT2D eigenvalue weighted by Gasteiger charge is 2.49. The third kappa shape index (κ3) is 1.75. The molecule has 0 radical (unpaired) electrons. The first-order valence-corrected chi connectivity index (χ1v) is 7.48. The second kappa shape index (κ2) is 4.03. The fourth-order valence-electron chi connectivity index (χ4n) is 3.89. The second-order valence-corrected chi connectivity index (χ2v) is 6.66. The Morgan fingerprint density at radius 1 is 1.32 bits per heavy atom. The molecular weight excluding hydrogens is 240 g/mol. The van der Waals surface area contributed by atoms with Crippen LogP contribution in [0.15, 0.2) is 4.52 Å². The normalized spacial score (nSPS) is 36.6. The van der Waals surface area contributed by atoms with E-state index < -0.39 is 0 Å². The molecule has 0 aromatic carbocycles. The zero-order valence-corrected chi connectivity index (χ0v) is 11.5. The van der Waals surface area contributed by atoms with Crippen LogP contribution in [0.3, 0.4) is 0 Å². The van der Waals surface area contributed by atoms with Crippen molar-refractivity contribution in [2.24, 2.45) is 5.73 Å². The summed E-state index contributed by atoms with van der Waals surface area (Å²) in [6.45, 7) is 0.632. The Morgan fingerprint density at radius 3 is 2.58 bits per heavy atom. The van der Waals surface area contributed by atoms with Gasteiger partial charge in [0.15, 0.2) is 5.82 Å². The van der Waals surface area contributed by atoms with Crippen LogP contribution in [0, 0.1) is 0 Å². The lowest BCUT2D eigenvalue weighted by Crippen LogP contribution is -2.39. The van der Waals surface area contributed by atoms with E-state index in [1.54, 1.807) is 0 Å². The number of rotatable bonds is 3. The summed E-state index contributed by atoms with van der Waals surface area (Å²) in [6.07, 6.45) is 7.22. The van der Waals surface area contributed by atoms with Crippen LogP contribution in [0.1, 0.15) is 56.2 Å². The summed E-state index contributed by atoms with van der Waals surface area (Å²) in [7, 11) is 2.26. The van der Waals surface area contributed by atoms with Crippen LogP contribution in [-0.4, -0.2) is 40.7 Å². The Balaban J connectivity index is 1.54. The number of aromatic nitrogens is 2. The lowest BCUT2D eigenvalue weighted by molar-refractivity contribution is 0.157. The summed E-state index contributed by atoms with van der Waals surface area (Å²) < 4.78 is 5.50. The van der Waals surface area contributed by atoms with Crippen molar-refractivity contribution in [3.8, 4) is 0 Å². The molecule has 1 aromatic rings. The lowest BCUT2D eigenvalue weighted by Gasteiger charge is -2.34. The molecule has 3 aliphatic rings. The third-order valence-electron chi connectivity index (χ3n) is 5.60. The summed E-state index contributed by atoms with van der Waals surface area (Å²) in [4.78, 5) is 7.23. The van der Waals surface area contributed by atoms with Crippen LogP contribution in [0.25, 0.3) is 0 Å². The maximum atomic E-state index is 5.83. The molecule has 2 N–H and O–H groups in total. The molecule has 1 saturated carbocycles. The van der Waals surface area contributed by atoms with Crippen LogP contribution in [-0.2, 0) is 5.41 Å². The third-order valence-corrected chi connectivity index (χ3v) is 5.60. The minimum atomic E-state index is 0.0235. The Kier molecular flexibility index (Phi) is 2.51. The van der Waals surface area contributed by atoms with Crippen LogP contribution >= 0.6 is 0 Å². The van der Waals surface area contributed by atoms with Gasteiger partial charge in [-0.3, -0.25) is 0 Å². The minimum Gasteiger partial charge on any atom is -0.339 e. The summed E-state index contributed by atoms with van der Waals surface area (Å²) in [5, 5.41) is 4.26.